The molecule has 104 valence electrons. The van der Waals surface area contributed by atoms with Gasteiger partial charge < -0.3 is 9.84 Å². The second-order valence-corrected chi connectivity index (χ2v) is 3.84. The fourth-order valence-corrected chi connectivity index (χ4v) is 1.69. The molecule has 1 heterocycles. The Morgan fingerprint density at radius 2 is 2.20 bits per heavy atom. The van der Waals surface area contributed by atoms with E-state index in [9.17, 15) is 14.0 Å². The van der Waals surface area contributed by atoms with E-state index in [4.69, 9.17) is 9.84 Å². The molecule has 0 atom stereocenters. The number of aromatic nitrogens is 2. The van der Waals surface area contributed by atoms with E-state index in [1.807, 2.05) is 0 Å². The van der Waals surface area contributed by atoms with Crippen molar-refractivity contribution in [1.29, 1.82) is 0 Å². The van der Waals surface area contributed by atoms with Crippen LogP contribution in [0.3, 0.4) is 0 Å². The lowest BCUT2D eigenvalue weighted by atomic mass is 10.1. The van der Waals surface area contributed by atoms with Gasteiger partial charge in [0.2, 0.25) is 0 Å². The minimum Gasteiger partial charge on any atom is -0.478 e. The molecule has 2 rings (SSSR count). The number of para-hydroxylation sites is 1. The first-order valence-electron chi connectivity index (χ1n) is 5.78. The summed E-state index contributed by atoms with van der Waals surface area (Å²) in [6.45, 7) is 1.85. The fraction of sp³-hybridized carbons (Fsp3) is 0.154. The van der Waals surface area contributed by atoms with Crippen LogP contribution in [-0.2, 0) is 4.74 Å². The summed E-state index contributed by atoms with van der Waals surface area (Å²) in [5, 5.41) is 12.9. The molecule has 1 aromatic heterocycles. The second kappa shape index (κ2) is 5.52. The highest BCUT2D eigenvalue weighted by Gasteiger charge is 2.18. The van der Waals surface area contributed by atoms with Crippen molar-refractivity contribution >= 4 is 11.9 Å². The molecule has 0 spiro atoms. The van der Waals surface area contributed by atoms with E-state index in [0.29, 0.717) is 0 Å². The smallest absolute Gasteiger partial charge is 0.341 e. The third-order valence-corrected chi connectivity index (χ3v) is 2.54. The van der Waals surface area contributed by atoms with Crippen molar-refractivity contribution in [2.75, 3.05) is 6.61 Å². The van der Waals surface area contributed by atoms with Gasteiger partial charge >= 0.3 is 11.9 Å². The molecule has 1 aromatic carbocycles. The van der Waals surface area contributed by atoms with E-state index in [0.717, 1.165) is 10.7 Å². The zero-order valence-corrected chi connectivity index (χ0v) is 10.5. The fourth-order valence-electron chi connectivity index (χ4n) is 1.69. The standard InChI is InChI=1S/C13H11FN2O4/c1-2-20-13(19)8-6-15-16(7-8)11-9(12(17)18)4-3-5-10(11)14/h3-7H,2H2,1H3,(H,17,18). The molecular formula is C13H11FN2O4. The van der Waals surface area contributed by atoms with Crippen LogP contribution in [0.1, 0.15) is 27.6 Å². The van der Waals surface area contributed by atoms with Gasteiger partial charge in [0, 0.05) is 6.20 Å². The van der Waals surface area contributed by atoms with E-state index in [1.165, 1.54) is 24.5 Å². The summed E-state index contributed by atoms with van der Waals surface area (Å²) in [4.78, 5) is 22.6. The molecule has 7 heteroatoms. The molecular weight excluding hydrogens is 267 g/mol. The predicted octanol–water partition coefficient (Wildman–Crippen LogP) is 1.89. The molecule has 0 amide bonds. The third kappa shape index (κ3) is 2.51. The number of carboxylic acids is 1. The van der Waals surface area contributed by atoms with Gasteiger partial charge in [-0.2, -0.15) is 5.10 Å². The highest BCUT2D eigenvalue weighted by molar-refractivity contribution is 5.92. The zero-order valence-electron chi connectivity index (χ0n) is 10.5. The Morgan fingerprint density at radius 3 is 2.85 bits per heavy atom. The highest BCUT2D eigenvalue weighted by atomic mass is 19.1. The minimum atomic E-state index is -1.28. The molecule has 0 aliphatic carbocycles. The summed E-state index contributed by atoms with van der Waals surface area (Å²) >= 11 is 0. The van der Waals surface area contributed by atoms with Crippen molar-refractivity contribution in [3.05, 3.63) is 47.5 Å². The molecule has 0 saturated carbocycles. The average molecular weight is 278 g/mol. The molecule has 0 aliphatic rings. The Hall–Kier alpha value is -2.70. The summed E-state index contributed by atoms with van der Waals surface area (Å²) in [5.41, 5.74) is -0.356. The van der Waals surface area contributed by atoms with Crippen LogP contribution in [0.25, 0.3) is 5.69 Å². The van der Waals surface area contributed by atoms with Crippen molar-refractivity contribution in [2.45, 2.75) is 6.92 Å². The number of halogens is 1. The van der Waals surface area contributed by atoms with Gasteiger partial charge in [-0.25, -0.2) is 18.7 Å². The number of nitrogens with zero attached hydrogens (tertiary/aromatic N) is 2. The second-order valence-electron chi connectivity index (χ2n) is 3.84. The SMILES string of the molecule is CCOC(=O)c1cnn(-c2c(F)cccc2C(=O)O)c1. The van der Waals surface area contributed by atoms with Crippen molar-refractivity contribution in [3.8, 4) is 5.69 Å². The van der Waals surface area contributed by atoms with Crippen LogP contribution in [-0.4, -0.2) is 33.4 Å². The molecule has 0 fully saturated rings. The summed E-state index contributed by atoms with van der Waals surface area (Å²) in [7, 11) is 0. The first kappa shape index (κ1) is 13.7. The molecule has 2 aromatic rings. The zero-order chi connectivity index (χ0) is 14.7. The van der Waals surface area contributed by atoms with E-state index >= 15 is 0 Å². The molecule has 0 bridgehead atoms. The molecule has 6 nitrogen and oxygen atoms in total. The normalized spacial score (nSPS) is 10.3. The first-order valence-corrected chi connectivity index (χ1v) is 5.78. The van der Waals surface area contributed by atoms with Crippen LogP contribution in [0, 0.1) is 5.82 Å². The summed E-state index contributed by atoms with van der Waals surface area (Å²) in [5.74, 6) is -2.64. The van der Waals surface area contributed by atoms with Crippen LogP contribution in [0.4, 0.5) is 4.39 Å². The largest absolute Gasteiger partial charge is 0.478 e. The summed E-state index contributed by atoms with van der Waals surface area (Å²) < 4.78 is 19.6. The number of esters is 1. The van der Waals surface area contributed by atoms with Gasteiger partial charge in [0.15, 0.2) is 0 Å². The highest BCUT2D eigenvalue weighted by Crippen LogP contribution is 2.19. The number of ether oxygens (including phenoxy) is 1. The number of carbonyl (C=O) groups is 2. The number of carboxylic acid groups (broad SMARTS) is 1. The van der Waals surface area contributed by atoms with Crippen molar-refractivity contribution in [3.63, 3.8) is 0 Å². The van der Waals surface area contributed by atoms with Crippen molar-refractivity contribution in [2.24, 2.45) is 0 Å². The van der Waals surface area contributed by atoms with Crippen LogP contribution >= 0.6 is 0 Å². The van der Waals surface area contributed by atoms with Crippen molar-refractivity contribution < 1.29 is 23.8 Å². The van der Waals surface area contributed by atoms with Gasteiger partial charge in [0.05, 0.1) is 23.9 Å². The molecule has 1 N–H and O–H groups in total. The van der Waals surface area contributed by atoms with Gasteiger partial charge in [-0.05, 0) is 19.1 Å². The first-order chi connectivity index (χ1) is 9.54. The number of hydrogen-bond donors (Lipinski definition) is 1. The molecule has 0 aliphatic heterocycles. The van der Waals surface area contributed by atoms with Crippen LogP contribution in [0.5, 0.6) is 0 Å². The maximum Gasteiger partial charge on any atom is 0.341 e. The topological polar surface area (TPSA) is 81.4 Å². The van der Waals surface area contributed by atoms with E-state index in [2.05, 4.69) is 5.10 Å². The van der Waals surface area contributed by atoms with Gasteiger partial charge in [-0.1, -0.05) is 6.07 Å². The Morgan fingerprint density at radius 1 is 1.45 bits per heavy atom. The van der Waals surface area contributed by atoms with E-state index in [-0.39, 0.29) is 23.4 Å². The van der Waals surface area contributed by atoms with Gasteiger partial charge in [0.1, 0.15) is 11.5 Å². The Labute approximate surface area is 113 Å². The third-order valence-electron chi connectivity index (χ3n) is 2.54. The number of aromatic carboxylic acids is 1. The average Bonchev–Trinajstić information content (AvgIpc) is 2.88. The van der Waals surface area contributed by atoms with Crippen LogP contribution in [0.2, 0.25) is 0 Å². The molecule has 20 heavy (non-hydrogen) atoms. The van der Waals surface area contributed by atoms with Gasteiger partial charge in [-0.3, -0.25) is 0 Å². The minimum absolute atomic E-state index is 0.117. The lowest BCUT2D eigenvalue weighted by Crippen LogP contribution is -2.08. The predicted molar refractivity (Wildman–Crippen MR) is 66.4 cm³/mol. The number of benzene rings is 1. The van der Waals surface area contributed by atoms with E-state index in [1.54, 1.807) is 6.92 Å². The lowest BCUT2D eigenvalue weighted by molar-refractivity contribution is 0.0526. The quantitative estimate of drug-likeness (QED) is 0.864. The number of hydrogen-bond acceptors (Lipinski definition) is 4. The van der Waals surface area contributed by atoms with Gasteiger partial charge in [-0.15, -0.1) is 0 Å². The summed E-state index contributed by atoms with van der Waals surface area (Å²) in [6.07, 6.45) is 2.42. The van der Waals surface area contributed by atoms with E-state index < -0.39 is 17.8 Å². The Balaban J connectivity index is 2.47. The number of carbonyl (C=O) groups excluding carboxylic acids is 1. The van der Waals surface area contributed by atoms with Crippen LogP contribution < -0.4 is 0 Å². The molecule has 0 unspecified atom stereocenters. The van der Waals surface area contributed by atoms with Crippen LogP contribution in [0.15, 0.2) is 30.6 Å². The maximum atomic E-state index is 13.8. The maximum absolute atomic E-state index is 13.8. The summed E-state index contributed by atoms with van der Waals surface area (Å²) in [6, 6.07) is 3.66. The molecule has 0 saturated heterocycles. The monoisotopic (exact) mass is 278 g/mol. The number of rotatable bonds is 4. The van der Waals surface area contributed by atoms with Gasteiger partial charge in [0.25, 0.3) is 0 Å². The molecule has 0 radical (unpaired) electrons. The Bertz CT molecular complexity index is 666. The lowest BCUT2D eigenvalue weighted by Gasteiger charge is -2.06. The Kier molecular flexibility index (Phi) is 3.79. The van der Waals surface area contributed by atoms with Crippen molar-refractivity contribution in [1.82, 2.24) is 9.78 Å².